The zero-order valence-electron chi connectivity index (χ0n) is 17.9. The van der Waals surface area contributed by atoms with Crippen molar-refractivity contribution in [2.45, 2.75) is 20.0 Å². The molecule has 3 aromatic carbocycles. The van der Waals surface area contributed by atoms with E-state index < -0.39 is 0 Å². The molecule has 0 saturated heterocycles. The number of hydrogen-bond acceptors (Lipinski definition) is 5. The summed E-state index contributed by atoms with van der Waals surface area (Å²) in [6, 6.07) is 17.2. The summed E-state index contributed by atoms with van der Waals surface area (Å²) >= 11 is 6.25. The molecule has 0 saturated carbocycles. The van der Waals surface area contributed by atoms with Crippen LogP contribution in [0.5, 0.6) is 17.2 Å². The predicted octanol–water partition coefficient (Wildman–Crippen LogP) is 5.63. The van der Waals surface area contributed by atoms with Crippen molar-refractivity contribution in [1.29, 1.82) is 0 Å². The summed E-state index contributed by atoms with van der Waals surface area (Å²) in [5, 5.41) is 0.568. The molecule has 0 aromatic heterocycles. The van der Waals surface area contributed by atoms with Gasteiger partial charge in [-0.25, -0.2) is 0 Å². The largest absolute Gasteiger partial charge is 0.496 e. The Morgan fingerprint density at radius 3 is 2.72 bits per heavy atom. The van der Waals surface area contributed by atoms with Crippen LogP contribution < -0.4 is 14.2 Å². The second-order valence-electron chi connectivity index (χ2n) is 7.90. The van der Waals surface area contributed by atoms with E-state index in [0.29, 0.717) is 36.2 Å². The van der Waals surface area contributed by atoms with Gasteiger partial charge in [0.25, 0.3) is 0 Å². The van der Waals surface area contributed by atoms with Crippen molar-refractivity contribution in [3.05, 3.63) is 93.2 Å². The van der Waals surface area contributed by atoms with E-state index in [4.69, 9.17) is 25.8 Å². The number of fused-ring (bicyclic) bond motifs is 2. The smallest absolute Gasteiger partial charge is 0.231 e. The Balaban J connectivity index is 1.43. The topological polar surface area (TPSA) is 48.0 Å². The zero-order chi connectivity index (χ0) is 22.2. The lowest BCUT2D eigenvalue weighted by molar-refractivity contribution is 0.0869. The van der Waals surface area contributed by atoms with Crippen molar-refractivity contribution in [3.8, 4) is 17.2 Å². The summed E-state index contributed by atoms with van der Waals surface area (Å²) in [5.74, 6) is 2.32. The number of Topliss-reactive ketones (excluding diaryl/α,β-unsaturated/α-hetero) is 1. The number of rotatable bonds is 4. The van der Waals surface area contributed by atoms with Gasteiger partial charge in [0.1, 0.15) is 24.0 Å². The number of carbonyl (C=O) groups is 1. The minimum atomic E-state index is -0.146. The summed E-state index contributed by atoms with van der Waals surface area (Å²) in [7, 11) is 1.67. The SMILES string of the molecule is COc1ccccc1CN1COc2c(cc3c(c2C)O/C(=C\c2ccccc2Cl)C3=O)C1. The van der Waals surface area contributed by atoms with Gasteiger partial charge in [-0.2, -0.15) is 0 Å². The molecule has 0 N–H and O–H groups in total. The number of hydrogen-bond donors (Lipinski definition) is 0. The zero-order valence-corrected chi connectivity index (χ0v) is 18.6. The summed E-state index contributed by atoms with van der Waals surface area (Å²) in [6.45, 7) is 3.72. The number of halogens is 1. The van der Waals surface area contributed by atoms with Gasteiger partial charge in [-0.3, -0.25) is 9.69 Å². The molecule has 2 heterocycles. The molecule has 0 atom stereocenters. The molecule has 2 aliphatic heterocycles. The second kappa shape index (κ2) is 8.34. The summed E-state index contributed by atoms with van der Waals surface area (Å²) in [4.78, 5) is 15.3. The van der Waals surface area contributed by atoms with Crippen LogP contribution in [0.4, 0.5) is 0 Å². The van der Waals surface area contributed by atoms with E-state index in [1.54, 1.807) is 19.3 Å². The quantitative estimate of drug-likeness (QED) is 0.485. The van der Waals surface area contributed by atoms with Crippen molar-refractivity contribution < 1.29 is 19.0 Å². The molecule has 6 heteroatoms. The van der Waals surface area contributed by atoms with E-state index in [2.05, 4.69) is 4.90 Å². The first kappa shape index (κ1) is 20.6. The lowest BCUT2D eigenvalue weighted by atomic mass is 9.99. The second-order valence-corrected chi connectivity index (χ2v) is 8.31. The van der Waals surface area contributed by atoms with Crippen LogP contribution in [0.3, 0.4) is 0 Å². The van der Waals surface area contributed by atoms with Gasteiger partial charge in [-0.1, -0.05) is 48.0 Å². The Labute approximate surface area is 191 Å². The molecule has 32 heavy (non-hydrogen) atoms. The van der Waals surface area contributed by atoms with Gasteiger partial charge >= 0.3 is 0 Å². The minimum Gasteiger partial charge on any atom is -0.496 e. The molecule has 0 amide bonds. The third-order valence-electron chi connectivity index (χ3n) is 5.78. The number of allylic oxidation sites excluding steroid dienone is 1. The number of para-hydroxylation sites is 1. The maximum Gasteiger partial charge on any atom is 0.231 e. The molecular weight excluding hydrogens is 426 g/mol. The van der Waals surface area contributed by atoms with Crippen molar-refractivity contribution in [1.82, 2.24) is 4.90 Å². The summed E-state index contributed by atoms with van der Waals surface area (Å²) in [5.41, 5.74) is 4.20. The van der Waals surface area contributed by atoms with E-state index in [0.717, 1.165) is 33.8 Å². The van der Waals surface area contributed by atoms with Crippen LogP contribution in [0.1, 0.15) is 32.6 Å². The van der Waals surface area contributed by atoms with E-state index in [9.17, 15) is 4.79 Å². The molecule has 0 spiro atoms. The lowest BCUT2D eigenvalue weighted by Gasteiger charge is -2.30. The van der Waals surface area contributed by atoms with Gasteiger partial charge in [0.05, 0.1) is 12.7 Å². The number of ether oxygens (including phenoxy) is 3. The normalized spacial score (nSPS) is 16.3. The molecule has 3 aromatic rings. The molecular formula is C26H22ClNO4. The average Bonchev–Trinajstić information content (AvgIpc) is 3.11. The third-order valence-corrected chi connectivity index (χ3v) is 6.12. The minimum absolute atomic E-state index is 0.146. The maximum absolute atomic E-state index is 13.1. The van der Waals surface area contributed by atoms with Gasteiger partial charge in [0.2, 0.25) is 5.78 Å². The summed E-state index contributed by atoms with van der Waals surface area (Å²) < 4.78 is 17.5. The molecule has 162 valence electrons. The maximum atomic E-state index is 13.1. The number of ketones is 1. The monoisotopic (exact) mass is 447 g/mol. The van der Waals surface area contributed by atoms with Crippen LogP contribution in [0.2, 0.25) is 5.02 Å². The number of benzene rings is 3. The van der Waals surface area contributed by atoms with Crippen LogP contribution in [0.15, 0.2) is 60.4 Å². The van der Waals surface area contributed by atoms with Crippen molar-refractivity contribution in [2.24, 2.45) is 0 Å². The highest BCUT2D eigenvalue weighted by Crippen LogP contribution is 2.43. The van der Waals surface area contributed by atoms with Crippen LogP contribution in [0, 0.1) is 6.92 Å². The standard InChI is InChI=1S/C26H22ClNO4/c1-16-25-19(14-28(15-31-25)13-18-8-4-6-10-22(18)30-2)11-20-24(29)23(32-26(16)20)12-17-7-3-5-9-21(17)27/h3-12H,13-15H2,1-2H3/b23-12-. The fourth-order valence-electron chi connectivity index (χ4n) is 4.21. The molecule has 5 rings (SSSR count). The molecule has 0 aliphatic carbocycles. The van der Waals surface area contributed by atoms with E-state index in [-0.39, 0.29) is 11.5 Å². The fraction of sp³-hybridized carbons (Fsp3) is 0.192. The Hall–Kier alpha value is -3.28. The molecule has 0 unspecified atom stereocenters. The van der Waals surface area contributed by atoms with Gasteiger partial charge in [-0.15, -0.1) is 0 Å². The molecule has 0 fully saturated rings. The molecule has 2 aliphatic rings. The van der Waals surface area contributed by atoms with Gasteiger partial charge in [0.15, 0.2) is 5.76 Å². The van der Waals surface area contributed by atoms with Crippen LogP contribution in [-0.2, 0) is 13.1 Å². The van der Waals surface area contributed by atoms with Crippen molar-refractivity contribution in [3.63, 3.8) is 0 Å². The predicted molar refractivity (Wildman–Crippen MR) is 123 cm³/mol. The Morgan fingerprint density at radius 2 is 1.91 bits per heavy atom. The number of nitrogens with zero attached hydrogens (tertiary/aromatic N) is 1. The Kier molecular flexibility index (Phi) is 5.37. The highest BCUT2D eigenvalue weighted by molar-refractivity contribution is 6.32. The first-order chi connectivity index (χ1) is 15.5. The van der Waals surface area contributed by atoms with Gasteiger partial charge < -0.3 is 14.2 Å². The van der Waals surface area contributed by atoms with E-state index in [1.165, 1.54) is 0 Å². The van der Waals surface area contributed by atoms with Crippen LogP contribution >= 0.6 is 11.6 Å². The molecule has 5 nitrogen and oxygen atoms in total. The first-order valence-corrected chi connectivity index (χ1v) is 10.7. The van der Waals surface area contributed by atoms with E-state index in [1.807, 2.05) is 55.5 Å². The van der Waals surface area contributed by atoms with Crippen LogP contribution in [0.25, 0.3) is 6.08 Å². The Morgan fingerprint density at radius 1 is 1.12 bits per heavy atom. The van der Waals surface area contributed by atoms with Crippen LogP contribution in [-0.4, -0.2) is 24.5 Å². The molecule has 0 radical (unpaired) electrons. The van der Waals surface area contributed by atoms with E-state index >= 15 is 0 Å². The highest BCUT2D eigenvalue weighted by atomic mass is 35.5. The molecule has 0 bridgehead atoms. The van der Waals surface area contributed by atoms with Crippen molar-refractivity contribution in [2.75, 3.05) is 13.8 Å². The fourth-order valence-corrected chi connectivity index (χ4v) is 4.40. The Bertz CT molecular complexity index is 1250. The highest BCUT2D eigenvalue weighted by Gasteiger charge is 2.33. The number of carbonyl (C=O) groups excluding carboxylic acids is 1. The average molecular weight is 448 g/mol. The van der Waals surface area contributed by atoms with Gasteiger partial charge in [0, 0.05) is 34.8 Å². The lowest BCUT2D eigenvalue weighted by Crippen LogP contribution is -2.32. The first-order valence-electron chi connectivity index (χ1n) is 10.4. The van der Waals surface area contributed by atoms with Crippen molar-refractivity contribution >= 4 is 23.5 Å². The van der Waals surface area contributed by atoms with Gasteiger partial charge in [-0.05, 0) is 36.8 Å². The third kappa shape index (κ3) is 3.64. The number of methoxy groups -OCH3 is 1. The summed E-state index contributed by atoms with van der Waals surface area (Å²) in [6.07, 6.45) is 1.69.